The molecule has 0 aliphatic carbocycles. The molecule has 1 amide bonds. The molecule has 0 fully saturated rings. The summed E-state index contributed by atoms with van der Waals surface area (Å²) in [5, 5.41) is 2.81. The third kappa shape index (κ3) is 4.65. The van der Waals surface area contributed by atoms with Crippen LogP contribution in [0.5, 0.6) is 11.6 Å². The minimum Gasteiger partial charge on any atom is -0.465 e. The minimum atomic E-state index is -0.472. The van der Waals surface area contributed by atoms with E-state index in [2.05, 4.69) is 15.3 Å². The fraction of sp³-hybridized carbons (Fsp3) is 0.227. The number of esters is 1. The average molecular weight is 411 g/mol. The number of carbonyl (C=O) groups is 2. The lowest BCUT2D eigenvalue weighted by molar-refractivity contribution is 0.0599. The Morgan fingerprint density at radius 1 is 1.17 bits per heavy atom. The third-order valence-corrected chi connectivity index (χ3v) is 4.58. The van der Waals surface area contributed by atoms with Gasteiger partial charge in [-0.25, -0.2) is 14.2 Å². The number of aromatic amines is 1. The van der Waals surface area contributed by atoms with Crippen molar-refractivity contribution in [3.63, 3.8) is 0 Å². The lowest BCUT2D eigenvalue weighted by Crippen LogP contribution is -2.24. The number of aromatic nitrogens is 2. The quantitative estimate of drug-likeness (QED) is 0.575. The fourth-order valence-electron chi connectivity index (χ4n) is 3.00. The number of halogens is 1. The van der Waals surface area contributed by atoms with E-state index in [0.29, 0.717) is 40.6 Å². The zero-order valence-corrected chi connectivity index (χ0v) is 16.9. The molecule has 0 radical (unpaired) electrons. The highest BCUT2D eigenvalue weighted by Crippen LogP contribution is 2.21. The second kappa shape index (κ2) is 9.21. The Hall–Kier alpha value is -3.68. The number of carbonyl (C=O) groups excluding carboxylic acids is 2. The summed E-state index contributed by atoms with van der Waals surface area (Å²) < 4.78 is 23.3. The summed E-state index contributed by atoms with van der Waals surface area (Å²) in [6.07, 6.45) is 2.15. The fourth-order valence-corrected chi connectivity index (χ4v) is 3.00. The molecule has 156 valence electrons. The van der Waals surface area contributed by atoms with E-state index < -0.39 is 5.97 Å². The van der Waals surface area contributed by atoms with E-state index in [4.69, 9.17) is 9.47 Å². The normalized spacial score (nSPS) is 10.5. The van der Waals surface area contributed by atoms with Gasteiger partial charge >= 0.3 is 5.97 Å². The molecule has 0 aliphatic rings. The molecule has 2 aromatic heterocycles. The number of nitrogens with zero attached hydrogens (tertiary/aromatic N) is 1. The number of benzene rings is 1. The maximum atomic E-state index is 12.9. The smallest absolute Gasteiger partial charge is 0.339 e. The molecule has 0 bridgehead atoms. The van der Waals surface area contributed by atoms with Crippen LogP contribution in [0.4, 0.5) is 4.39 Å². The summed E-state index contributed by atoms with van der Waals surface area (Å²) in [5.74, 6) is -0.319. The van der Waals surface area contributed by atoms with Crippen molar-refractivity contribution in [3.8, 4) is 11.6 Å². The first-order chi connectivity index (χ1) is 14.4. The van der Waals surface area contributed by atoms with E-state index in [1.807, 2.05) is 6.92 Å². The van der Waals surface area contributed by atoms with Gasteiger partial charge in [0.05, 0.1) is 12.7 Å². The van der Waals surface area contributed by atoms with Gasteiger partial charge in [0.1, 0.15) is 17.3 Å². The first kappa shape index (κ1) is 21.0. The predicted molar refractivity (Wildman–Crippen MR) is 108 cm³/mol. The van der Waals surface area contributed by atoms with E-state index in [0.717, 1.165) is 5.56 Å². The maximum Gasteiger partial charge on any atom is 0.339 e. The van der Waals surface area contributed by atoms with Crippen LogP contribution in [0.25, 0.3) is 0 Å². The number of methoxy groups -OCH3 is 1. The molecular formula is C22H22FN3O4. The molecule has 2 N–H and O–H groups in total. The Morgan fingerprint density at radius 3 is 2.50 bits per heavy atom. The molecule has 3 rings (SSSR count). The van der Waals surface area contributed by atoms with Gasteiger partial charge in [-0.15, -0.1) is 0 Å². The van der Waals surface area contributed by atoms with Crippen LogP contribution in [0.15, 0.2) is 42.6 Å². The van der Waals surface area contributed by atoms with Gasteiger partial charge in [-0.2, -0.15) is 0 Å². The number of hydrogen-bond donors (Lipinski definition) is 2. The summed E-state index contributed by atoms with van der Waals surface area (Å²) in [6, 6.07) is 9.06. The minimum absolute atomic E-state index is 0.246. The summed E-state index contributed by atoms with van der Waals surface area (Å²) >= 11 is 0. The van der Waals surface area contributed by atoms with Gasteiger partial charge in [0.15, 0.2) is 0 Å². The van der Waals surface area contributed by atoms with Crippen molar-refractivity contribution in [2.75, 3.05) is 7.11 Å². The molecule has 2 heterocycles. The molecule has 0 saturated heterocycles. The molecule has 3 aromatic rings. The van der Waals surface area contributed by atoms with Crippen molar-refractivity contribution in [2.24, 2.45) is 0 Å². The van der Waals surface area contributed by atoms with Gasteiger partial charge in [-0.1, -0.05) is 13.0 Å². The number of H-pyrrole nitrogens is 1. The molecule has 0 saturated carbocycles. The van der Waals surface area contributed by atoms with Crippen molar-refractivity contribution >= 4 is 11.9 Å². The average Bonchev–Trinajstić information content (AvgIpc) is 3.10. The standard InChI is InChI=1S/C22H22FN3O4/c1-4-17-19(22(28)29-3)13(2)20(26-17)21(27)25-12-14-5-10-18(24-11-14)30-16-8-6-15(23)7-9-16/h5-11,26H,4,12H2,1-3H3,(H,25,27). The topological polar surface area (TPSA) is 93.3 Å². The maximum absolute atomic E-state index is 12.9. The monoisotopic (exact) mass is 411 g/mol. The highest BCUT2D eigenvalue weighted by Gasteiger charge is 2.23. The second-order valence-electron chi connectivity index (χ2n) is 6.57. The molecule has 8 heteroatoms. The van der Waals surface area contributed by atoms with Gasteiger partial charge in [0, 0.05) is 24.5 Å². The van der Waals surface area contributed by atoms with Crippen molar-refractivity contribution in [1.29, 1.82) is 0 Å². The van der Waals surface area contributed by atoms with Crippen molar-refractivity contribution in [1.82, 2.24) is 15.3 Å². The Morgan fingerprint density at radius 2 is 1.90 bits per heavy atom. The van der Waals surface area contributed by atoms with Crippen molar-refractivity contribution in [3.05, 3.63) is 76.5 Å². The molecule has 0 atom stereocenters. The predicted octanol–water partition coefficient (Wildman–Crippen LogP) is 3.93. The number of amides is 1. The lowest BCUT2D eigenvalue weighted by Gasteiger charge is -2.07. The van der Waals surface area contributed by atoms with Crippen LogP contribution in [-0.2, 0) is 17.7 Å². The van der Waals surface area contributed by atoms with Crippen LogP contribution >= 0.6 is 0 Å². The van der Waals surface area contributed by atoms with E-state index in [9.17, 15) is 14.0 Å². The van der Waals surface area contributed by atoms with Gasteiger partial charge in [0.25, 0.3) is 5.91 Å². The van der Waals surface area contributed by atoms with E-state index in [1.54, 1.807) is 25.3 Å². The molecule has 0 spiro atoms. The number of ether oxygens (including phenoxy) is 2. The molecule has 1 aromatic carbocycles. The summed E-state index contributed by atoms with van der Waals surface area (Å²) in [7, 11) is 1.31. The number of nitrogens with one attached hydrogen (secondary N) is 2. The van der Waals surface area contributed by atoms with Crippen LogP contribution in [0, 0.1) is 12.7 Å². The number of rotatable bonds is 7. The largest absolute Gasteiger partial charge is 0.465 e. The third-order valence-electron chi connectivity index (χ3n) is 4.58. The van der Waals surface area contributed by atoms with Gasteiger partial charge < -0.3 is 19.8 Å². The summed E-state index contributed by atoms with van der Waals surface area (Å²) in [6.45, 7) is 3.84. The Kier molecular flexibility index (Phi) is 6.46. The Labute approximate surface area is 173 Å². The lowest BCUT2D eigenvalue weighted by atomic mass is 10.1. The first-order valence-electron chi connectivity index (χ1n) is 9.39. The SMILES string of the molecule is CCc1[nH]c(C(=O)NCc2ccc(Oc3ccc(F)cc3)nc2)c(C)c1C(=O)OC. The van der Waals surface area contributed by atoms with E-state index in [1.165, 1.54) is 31.4 Å². The summed E-state index contributed by atoms with van der Waals surface area (Å²) in [4.78, 5) is 31.8. The van der Waals surface area contributed by atoms with Gasteiger partial charge in [-0.3, -0.25) is 4.79 Å². The molecule has 0 unspecified atom stereocenters. The van der Waals surface area contributed by atoms with Crippen LogP contribution in [0.2, 0.25) is 0 Å². The Bertz CT molecular complexity index is 1040. The Balaban J connectivity index is 1.64. The zero-order chi connectivity index (χ0) is 21.7. The zero-order valence-electron chi connectivity index (χ0n) is 16.9. The number of hydrogen-bond acceptors (Lipinski definition) is 5. The highest BCUT2D eigenvalue weighted by molar-refractivity contribution is 6.00. The number of aryl methyl sites for hydroxylation is 1. The second-order valence-corrected chi connectivity index (χ2v) is 6.57. The molecule has 0 aliphatic heterocycles. The molecule has 30 heavy (non-hydrogen) atoms. The van der Waals surface area contributed by atoms with Gasteiger partial charge in [0.2, 0.25) is 5.88 Å². The van der Waals surface area contributed by atoms with Crippen molar-refractivity contribution in [2.45, 2.75) is 26.8 Å². The van der Waals surface area contributed by atoms with Crippen LogP contribution < -0.4 is 10.1 Å². The van der Waals surface area contributed by atoms with Crippen LogP contribution in [-0.4, -0.2) is 29.0 Å². The molecule has 7 nitrogen and oxygen atoms in total. The van der Waals surface area contributed by atoms with Crippen LogP contribution in [0.1, 0.15) is 44.6 Å². The van der Waals surface area contributed by atoms with E-state index in [-0.39, 0.29) is 18.3 Å². The first-order valence-corrected chi connectivity index (χ1v) is 9.39. The van der Waals surface area contributed by atoms with Crippen LogP contribution in [0.3, 0.4) is 0 Å². The van der Waals surface area contributed by atoms with Gasteiger partial charge in [-0.05, 0) is 48.7 Å². The van der Waals surface area contributed by atoms with E-state index >= 15 is 0 Å². The number of pyridine rings is 1. The van der Waals surface area contributed by atoms with Crippen molar-refractivity contribution < 1.29 is 23.5 Å². The highest BCUT2D eigenvalue weighted by atomic mass is 19.1. The molecular weight excluding hydrogens is 389 g/mol. The summed E-state index contributed by atoms with van der Waals surface area (Å²) in [5.41, 5.74) is 2.71.